The quantitative estimate of drug-likeness (QED) is 0.821. The molecule has 2 aromatic rings. The van der Waals surface area contributed by atoms with Crippen LogP contribution in [0, 0.1) is 0 Å². The molecule has 1 atom stereocenters. The normalized spacial score (nSPS) is 12.6. The van der Waals surface area contributed by atoms with Gasteiger partial charge in [-0.1, -0.05) is 30.3 Å². The summed E-state index contributed by atoms with van der Waals surface area (Å²) in [4.78, 5) is 0. The molecule has 1 unspecified atom stereocenters. The molecule has 3 nitrogen and oxygen atoms in total. The summed E-state index contributed by atoms with van der Waals surface area (Å²) < 4.78 is 5.65. The van der Waals surface area contributed by atoms with Gasteiger partial charge in [0.1, 0.15) is 11.5 Å². The number of furan rings is 1. The first kappa shape index (κ1) is 10.9. The fourth-order valence-corrected chi connectivity index (χ4v) is 1.57. The van der Waals surface area contributed by atoms with Crippen molar-refractivity contribution in [2.75, 3.05) is 6.61 Å². The van der Waals surface area contributed by atoms with Crippen LogP contribution in [0.2, 0.25) is 0 Å². The van der Waals surface area contributed by atoms with Crippen LogP contribution < -0.4 is 5.73 Å². The highest BCUT2D eigenvalue weighted by atomic mass is 16.3. The van der Waals surface area contributed by atoms with E-state index < -0.39 is 0 Å². The van der Waals surface area contributed by atoms with E-state index in [4.69, 9.17) is 15.3 Å². The van der Waals surface area contributed by atoms with Gasteiger partial charge in [-0.2, -0.15) is 0 Å². The Morgan fingerprint density at radius 1 is 1.12 bits per heavy atom. The summed E-state index contributed by atoms with van der Waals surface area (Å²) >= 11 is 0. The highest BCUT2D eigenvalue weighted by Gasteiger charge is 2.07. The van der Waals surface area contributed by atoms with Crippen LogP contribution in [-0.4, -0.2) is 17.8 Å². The molecule has 16 heavy (non-hydrogen) atoms. The lowest BCUT2D eigenvalue weighted by Crippen LogP contribution is -2.26. The van der Waals surface area contributed by atoms with Gasteiger partial charge in [-0.3, -0.25) is 0 Å². The van der Waals surface area contributed by atoms with Crippen LogP contribution in [0.4, 0.5) is 0 Å². The zero-order chi connectivity index (χ0) is 11.4. The van der Waals surface area contributed by atoms with Crippen molar-refractivity contribution in [1.29, 1.82) is 0 Å². The van der Waals surface area contributed by atoms with Gasteiger partial charge >= 0.3 is 0 Å². The first-order valence-electron chi connectivity index (χ1n) is 5.30. The van der Waals surface area contributed by atoms with E-state index in [9.17, 15) is 0 Å². The monoisotopic (exact) mass is 217 g/mol. The van der Waals surface area contributed by atoms with Gasteiger partial charge in [0.15, 0.2) is 0 Å². The Morgan fingerprint density at radius 3 is 2.56 bits per heavy atom. The number of aliphatic hydroxyl groups is 1. The van der Waals surface area contributed by atoms with Gasteiger partial charge in [-0.15, -0.1) is 0 Å². The van der Waals surface area contributed by atoms with Gasteiger partial charge in [0, 0.05) is 18.0 Å². The van der Waals surface area contributed by atoms with E-state index in [1.54, 1.807) is 0 Å². The number of benzene rings is 1. The molecule has 0 bridgehead atoms. The molecule has 84 valence electrons. The first-order chi connectivity index (χ1) is 7.79. The van der Waals surface area contributed by atoms with Crippen LogP contribution in [0.25, 0.3) is 11.3 Å². The van der Waals surface area contributed by atoms with Crippen LogP contribution in [0.3, 0.4) is 0 Å². The van der Waals surface area contributed by atoms with E-state index in [-0.39, 0.29) is 12.6 Å². The van der Waals surface area contributed by atoms with Crippen molar-refractivity contribution in [3.05, 3.63) is 48.2 Å². The van der Waals surface area contributed by atoms with E-state index in [1.165, 1.54) is 0 Å². The van der Waals surface area contributed by atoms with E-state index >= 15 is 0 Å². The highest BCUT2D eigenvalue weighted by Crippen LogP contribution is 2.22. The Hall–Kier alpha value is -1.58. The number of hydrogen-bond acceptors (Lipinski definition) is 3. The Morgan fingerprint density at radius 2 is 1.88 bits per heavy atom. The molecule has 0 aliphatic carbocycles. The fourth-order valence-electron chi connectivity index (χ4n) is 1.57. The zero-order valence-corrected chi connectivity index (χ0v) is 8.97. The van der Waals surface area contributed by atoms with Crippen molar-refractivity contribution in [3.8, 4) is 11.3 Å². The van der Waals surface area contributed by atoms with Crippen molar-refractivity contribution in [2.24, 2.45) is 5.73 Å². The first-order valence-corrected chi connectivity index (χ1v) is 5.30. The minimum absolute atomic E-state index is 0.0264. The lowest BCUT2D eigenvalue weighted by Gasteiger charge is -2.04. The van der Waals surface area contributed by atoms with E-state index in [0.717, 1.165) is 17.1 Å². The summed E-state index contributed by atoms with van der Waals surface area (Å²) in [5.41, 5.74) is 6.69. The average molecular weight is 217 g/mol. The maximum Gasteiger partial charge on any atom is 0.134 e. The Labute approximate surface area is 94.5 Å². The number of hydrogen-bond donors (Lipinski definition) is 2. The molecule has 0 saturated carbocycles. The van der Waals surface area contributed by atoms with Crippen molar-refractivity contribution >= 4 is 0 Å². The third-order valence-corrected chi connectivity index (χ3v) is 2.42. The molecule has 0 aliphatic heterocycles. The number of nitrogens with two attached hydrogens (primary N) is 1. The second-order valence-electron chi connectivity index (χ2n) is 3.78. The largest absolute Gasteiger partial charge is 0.461 e. The van der Waals surface area contributed by atoms with Crippen molar-refractivity contribution < 1.29 is 9.52 Å². The molecule has 1 aromatic heterocycles. The Balaban J connectivity index is 2.14. The summed E-state index contributed by atoms with van der Waals surface area (Å²) in [6, 6.07) is 13.5. The summed E-state index contributed by atoms with van der Waals surface area (Å²) in [7, 11) is 0. The van der Waals surface area contributed by atoms with Crippen molar-refractivity contribution in [2.45, 2.75) is 12.5 Å². The highest BCUT2D eigenvalue weighted by molar-refractivity contribution is 5.57. The molecular formula is C13H15NO2. The van der Waals surface area contributed by atoms with Gasteiger partial charge in [-0.05, 0) is 12.1 Å². The smallest absolute Gasteiger partial charge is 0.134 e. The Kier molecular flexibility index (Phi) is 3.39. The lowest BCUT2D eigenvalue weighted by molar-refractivity contribution is 0.260. The summed E-state index contributed by atoms with van der Waals surface area (Å²) in [5, 5.41) is 8.85. The molecule has 1 heterocycles. The van der Waals surface area contributed by atoms with Gasteiger partial charge in [0.2, 0.25) is 0 Å². The second-order valence-corrected chi connectivity index (χ2v) is 3.78. The van der Waals surface area contributed by atoms with Gasteiger partial charge < -0.3 is 15.3 Å². The fraction of sp³-hybridized carbons (Fsp3) is 0.231. The van der Waals surface area contributed by atoms with Crippen LogP contribution in [0.1, 0.15) is 5.76 Å². The predicted octanol–water partition coefficient (Wildman–Crippen LogP) is 1.81. The van der Waals surface area contributed by atoms with Crippen molar-refractivity contribution in [3.63, 3.8) is 0 Å². The minimum Gasteiger partial charge on any atom is -0.461 e. The molecular weight excluding hydrogens is 202 g/mol. The standard InChI is InChI=1S/C13H15NO2/c14-11(9-15)8-12-6-7-13(16-12)10-4-2-1-3-5-10/h1-7,11,15H,8-9,14H2. The van der Waals surface area contributed by atoms with E-state index in [0.29, 0.717) is 6.42 Å². The summed E-state index contributed by atoms with van der Waals surface area (Å²) in [6.07, 6.45) is 0.559. The van der Waals surface area contributed by atoms with Gasteiger partial charge in [-0.25, -0.2) is 0 Å². The van der Waals surface area contributed by atoms with Crippen LogP contribution in [0.15, 0.2) is 46.9 Å². The molecule has 0 saturated heterocycles. The maximum atomic E-state index is 8.85. The van der Waals surface area contributed by atoms with Gasteiger partial charge in [0.25, 0.3) is 0 Å². The lowest BCUT2D eigenvalue weighted by atomic mass is 10.2. The van der Waals surface area contributed by atoms with Crippen molar-refractivity contribution in [1.82, 2.24) is 0 Å². The molecule has 0 fully saturated rings. The molecule has 3 N–H and O–H groups in total. The molecule has 1 aromatic carbocycles. The zero-order valence-electron chi connectivity index (χ0n) is 8.97. The minimum atomic E-state index is -0.255. The average Bonchev–Trinajstić information content (AvgIpc) is 2.78. The van der Waals surface area contributed by atoms with Gasteiger partial charge in [0.05, 0.1) is 6.61 Å². The number of aliphatic hydroxyl groups excluding tert-OH is 1. The maximum absolute atomic E-state index is 8.85. The SMILES string of the molecule is NC(CO)Cc1ccc(-c2ccccc2)o1. The molecule has 0 radical (unpaired) electrons. The summed E-state index contributed by atoms with van der Waals surface area (Å²) in [6.45, 7) is -0.0264. The van der Waals surface area contributed by atoms with Crippen LogP contribution in [0.5, 0.6) is 0 Å². The summed E-state index contributed by atoms with van der Waals surface area (Å²) in [5.74, 6) is 1.64. The number of rotatable bonds is 4. The second kappa shape index (κ2) is 4.96. The molecule has 2 rings (SSSR count). The molecule has 3 heteroatoms. The molecule has 0 aliphatic rings. The van der Waals surface area contributed by atoms with E-state index in [1.807, 2.05) is 42.5 Å². The topological polar surface area (TPSA) is 59.4 Å². The van der Waals surface area contributed by atoms with E-state index in [2.05, 4.69) is 0 Å². The van der Waals surface area contributed by atoms with Crippen LogP contribution in [-0.2, 0) is 6.42 Å². The van der Waals surface area contributed by atoms with Crippen LogP contribution >= 0.6 is 0 Å². The third kappa shape index (κ3) is 2.51. The predicted molar refractivity (Wildman–Crippen MR) is 62.9 cm³/mol. The molecule has 0 spiro atoms. The Bertz CT molecular complexity index is 436. The third-order valence-electron chi connectivity index (χ3n) is 2.42. The molecule has 0 amide bonds.